The molecule has 3 aromatic rings. The topological polar surface area (TPSA) is 76.3 Å². The highest BCUT2D eigenvalue weighted by atomic mass is 16.5. The second kappa shape index (κ2) is 6.63. The highest BCUT2D eigenvalue weighted by molar-refractivity contribution is 5.76. The molecule has 7 heteroatoms. The van der Waals surface area contributed by atoms with Crippen molar-refractivity contribution in [3.8, 4) is 34.7 Å². The number of hydrogen-bond acceptors (Lipinski definition) is 6. The first-order chi connectivity index (χ1) is 15.2. The van der Waals surface area contributed by atoms with Gasteiger partial charge in [0.25, 0.3) is 0 Å². The Labute approximate surface area is 186 Å². The zero-order valence-corrected chi connectivity index (χ0v) is 18.7. The number of anilines is 1. The fraction of sp³-hybridized carbons (Fsp3) is 0.280. The van der Waals surface area contributed by atoms with Gasteiger partial charge in [0, 0.05) is 37.0 Å². The van der Waals surface area contributed by atoms with E-state index >= 15 is 0 Å². The van der Waals surface area contributed by atoms with Gasteiger partial charge in [0.1, 0.15) is 17.2 Å². The largest absolute Gasteiger partial charge is 0.496 e. The fourth-order valence-corrected chi connectivity index (χ4v) is 4.95. The lowest BCUT2D eigenvalue weighted by Gasteiger charge is -2.46. The third-order valence-electron chi connectivity index (χ3n) is 6.78. The van der Waals surface area contributed by atoms with E-state index < -0.39 is 11.1 Å². The number of methoxy groups -OCH3 is 2. The fourth-order valence-electron chi connectivity index (χ4n) is 4.95. The second-order valence-electron chi connectivity index (χ2n) is 8.64. The standard InChI is InChI=1S/C25H26N2O5/c1-24(2)18-12-15(27-22(28)8-9-23(27)29)6-7-19(18)26(3)25(24)11-10-17-20(31-5)13-16(30-4)14-21(17)32-25/h6-14,28-29H,1-5H3. The molecule has 0 amide bonds. The maximum absolute atomic E-state index is 10.2. The first kappa shape index (κ1) is 20.2. The summed E-state index contributed by atoms with van der Waals surface area (Å²) in [5.41, 5.74) is 2.31. The maximum atomic E-state index is 10.2. The van der Waals surface area contributed by atoms with Crippen LogP contribution in [0.15, 0.2) is 48.5 Å². The lowest BCUT2D eigenvalue weighted by Crippen LogP contribution is -2.58. The van der Waals surface area contributed by atoms with Crippen LogP contribution in [0.25, 0.3) is 11.8 Å². The molecule has 32 heavy (non-hydrogen) atoms. The normalized spacial score (nSPS) is 20.1. The number of fused-ring (bicyclic) bond motifs is 2. The third kappa shape index (κ3) is 2.48. The molecular weight excluding hydrogens is 408 g/mol. The summed E-state index contributed by atoms with van der Waals surface area (Å²) >= 11 is 0. The molecule has 2 aromatic carbocycles. The van der Waals surface area contributed by atoms with E-state index in [1.54, 1.807) is 14.2 Å². The van der Waals surface area contributed by atoms with E-state index in [2.05, 4.69) is 24.8 Å². The Hall–Kier alpha value is -3.74. The van der Waals surface area contributed by atoms with E-state index in [9.17, 15) is 10.2 Å². The molecule has 3 heterocycles. The van der Waals surface area contributed by atoms with Crippen LogP contribution in [0.4, 0.5) is 5.69 Å². The van der Waals surface area contributed by atoms with Gasteiger partial charge in [-0.05, 0) is 49.8 Å². The molecule has 1 spiro atoms. The van der Waals surface area contributed by atoms with Gasteiger partial charge >= 0.3 is 0 Å². The molecule has 2 aliphatic rings. The highest BCUT2D eigenvalue weighted by Gasteiger charge is 2.58. The lowest BCUT2D eigenvalue weighted by atomic mass is 9.76. The predicted molar refractivity (Wildman–Crippen MR) is 122 cm³/mol. The van der Waals surface area contributed by atoms with Crippen molar-refractivity contribution in [2.24, 2.45) is 0 Å². The number of benzene rings is 2. The van der Waals surface area contributed by atoms with Crippen molar-refractivity contribution >= 4 is 11.8 Å². The summed E-state index contributed by atoms with van der Waals surface area (Å²) < 4.78 is 19.1. The molecule has 1 unspecified atom stereocenters. The molecule has 0 fully saturated rings. The molecule has 1 aromatic heterocycles. The number of ether oxygens (including phenoxy) is 3. The smallest absolute Gasteiger partial charge is 0.211 e. The predicted octanol–water partition coefficient (Wildman–Crippen LogP) is 4.44. The average Bonchev–Trinajstić information content (AvgIpc) is 3.20. The Balaban J connectivity index is 1.65. The van der Waals surface area contributed by atoms with E-state index in [-0.39, 0.29) is 11.8 Å². The van der Waals surface area contributed by atoms with Gasteiger partial charge in [-0.1, -0.05) is 0 Å². The Morgan fingerprint density at radius 1 is 0.938 bits per heavy atom. The van der Waals surface area contributed by atoms with Gasteiger partial charge in [0.2, 0.25) is 5.72 Å². The maximum Gasteiger partial charge on any atom is 0.211 e. The van der Waals surface area contributed by atoms with Gasteiger partial charge in [-0.15, -0.1) is 0 Å². The number of likely N-dealkylation sites (N-methyl/N-ethyl adjacent to an activating group) is 1. The van der Waals surface area contributed by atoms with Crippen LogP contribution in [0.5, 0.6) is 29.0 Å². The van der Waals surface area contributed by atoms with E-state index in [1.165, 1.54) is 16.7 Å². The molecule has 0 saturated carbocycles. The molecule has 166 valence electrons. The Morgan fingerprint density at radius 3 is 2.31 bits per heavy atom. The summed E-state index contributed by atoms with van der Waals surface area (Å²) in [4.78, 5) is 2.12. The van der Waals surface area contributed by atoms with Gasteiger partial charge < -0.3 is 29.3 Å². The van der Waals surface area contributed by atoms with Gasteiger partial charge in [-0.2, -0.15) is 0 Å². The van der Waals surface area contributed by atoms with Crippen LogP contribution >= 0.6 is 0 Å². The first-order valence-electron chi connectivity index (χ1n) is 10.4. The number of hydrogen-bond donors (Lipinski definition) is 2. The average molecular weight is 434 g/mol. The van der Waals surface area contributed by atoms with Crippen LogP contribution in [-0.2, 0) is 5.41 Å². The summed E-state index contributed by atoms with van der Waals surface area (Å²) in [6, 6.07) is 12.5. The molecule has 0 bridgehead atoms. The molecule has 5 rings (SSSR count). The minimum absolute atomic E-state index is 0.0248. The van der Waals surface area contributed by atoms with Crippen molar-refractivity contribution in [1.29, 1.82) is 0 Å². The molecule has 1 atom stereocenters. The van der Waals surface area contributed by atoms with Crippen molar-refractivity contribution in [3.05, 3.63) is 59.7 Å². The number of aromatic nitrogens is 1. The highest BCUT2D eigenvalue weighted by Crippen LogP contribution is 2.55. The Kier molecular flexibility index (Phi) is 4.18. The molecule has 0 saturated heterocycles. The van der Waals surface area contributed by atoms with Crippen LogP contribution < -0.4 is 19.1 Å². The summed E-state index contributed by atoms with van der Waals surface area (Å²) in [7, 11) is 5.25. The molecule has 0 radical (unpaired) electrons. The number of rotatable bonds is 3. The molecule has 0 aliphatic carbocycles. The van der Waals surface area contributed by atoms with Crippen molar-refractivity contribution < 1.29 is 24.4 Å². The van der Waals surface area contributed by atoms with E-state index in [0.29, 0.717) is 22.9 Å². The van der Waals surface area contributed by atoms with Crippen molar-refractivity contribution in [2.45, 2.75) is 25.0 Å². The van der Waals surface area contributed by atoms with Crippen LogP contribution in [-0.4, -0.2) is 41.8 Å². The Bertz CT molecular complexity index is 1240. The minimum Gasteiger partial charge on any atom is -0.496 e. The molecule has 2 N–H and O–H groups in total. The lowest BCUT2D eigenvalue weighted by molar-refractivity contribution is 0.0576. The van der Waals surface area contributed by atoms with Crippen molar-refractivity contribution in [3.63, 3.8) is 0 Å². The van der Waals surface area contributed by atoms with E-state index in [1.807, 2.05) is 43.5 Å². The second-order valence-corrected chi connectivity index (χ2v) is 8.64. The quantitative estimate of drug-likeness (QED) is 0.635. The summed E-state index contributed by atoms with van der Waals surface area (Å²) in [5.74, 6) is 1.97. The number of aromatic hydroxyl groups is 2. The van der Waals surface area contributed by atoms with Gasteiger partial charge in [-0.3, -0.25) is 4.57 Å². The van der Waals surface area contributed by atoms with Gasteiger partial charge in [0.15, 0.2) is 11.8 Å². The van der Waals surface area contributed by atoms with Gasteiger partial charge in [-0.25, -0.2) is 0 Å². The van der Waals surface area contributed by atoms with Crippen LogP contribution in [0.1, 0.15) is 25.0 Å². The van der Waals surface area contributed by atoms with E-state index in [4.69, 9.17) is 14.2 Å². The van der Waals surface area contributed by atoms with E-state index in [0.717, 1.165) is 16.8 Å². The van der Waals surface area contributed by atoms with Crippen molar-refractivity contribution in [2.75, 3.05) is 26.2 Å². The van der Waals surface area contributed by atoms with Crippen molar-refractivity contribution in [1.82, 2.24) is 4.57 Å². The zero-order chi connectivity index (χ0) is 22.8. The summed E-state index contributed by atoms with van der Waals surface area (Å²) in [6.07, 6.45) is 4.10. The molecule has 7 nitrogen and oxygen atoms in total. The monoisotopic (exact) mass is 434 g/mol. The zero-order valence-electron chi connectivity index (χ0n) is 18.7. The van der Waals surface area contributed by atoms with Crippen LogP contribution in [0.2, 0.25) is 0 Å². The Morgan fingerprint density at radius 2 is 1.66 bits per heavy atom. The van der Waals surface area contributed by atoms with Crippen LogP contribution in [0, 0.1) is 0 Å². The molecular formula is C25H26N2O5. The first-order valence-corrected chi connectivity index (χ1v) is 10.4. The number of nitrogens with zero attached hydrogens (tertiary/aromatic N) is 2. The SMILES string of the molecule is COc1cc(OC)c2c(c1)OC1(C=C2)N(C)c2ccc(-n3c(O)ccc3O)cc2C1(C)C. The van der Waals surface area contributed by atoms with Gasteiger partial charge in [0.05, 0.1) is 30.9 Å². The molecule has 2 aliphatic heterocycles. The minimum atomic E-state index is -0.793. The summed E-state index contributed by atoms with van der Waals surface area (Å²) in [5, 5.41) is 20.4. The third-order valence-corrected chi connectivity index (χ3v) is 6.78. The van der Waals surface area contributed by atoms with Crippen LogP contribution in [0.3, 0.4) is 0 Å². The summed E-state index contributed by atoms with van der Waals surface area (Å²) in [6.45, 7) is 4.25.